The van der Waals surface area contributed by atoms with Crippen LogP contribution < -0.4 is 5.32 Å². The fraction of sp³-hybridized carbons (Fsp3) is 0.278. The van der Waals surface area contributed by atoms with Gasteiger partial charge in [0.25, 0.3) is 5.91 Å². The van der Waals surface area contributed by atoms with Gasteiger partial charge < -0.3 is 5.32 Å². The van der Waals surface area contributed by atoms with Crippen LogP contribution in [0.4, 0.5) is 0 Å². The molecule has 2 aromatic carbocycles. The highest BCUT2D eigenvalue weighted by Crippen LogP contribution is 2.26. The van der Waals surface area contributed by atoms with Crippen LogP contribution in [0, 0.1) is 0 Å². The van der Waals surface area contributed by atoms with Crippen molar-refractivity contribution in [2.75, 3.05) is 0 Å². The lowest BCUT2D eigenvalue weighted by Gasteiger charge is -2.16. The fourth-order valence-corrected chi connectivity index (χ4v) is 3.91. The predicted octanol–water partition coefficient (Wildman–Crippen LogP) is 4.67. The fourth-order valence-electron chi connectivity index (χ4n) is 2.28. The molecule has 2 rings (SSSR count). The standard InChI is InChI=1S/C18H19Cl2NO3S/c1-11(2)25(23,24)15-7-4-13(5-8-15)18(22)21-12(3)16-9-6-14(19)10-17(16)20/h4-12H,1-3H3,(H,21,22). The molecule has 0 heterocycles. The average molecular weight is 400 g/mol. The van der Waals surface area contributed by atoms with Crippen LogP contribution in [0.15, 0.2) is 47.4 Å². The first-order chi connectivity index (χ1) is 11.6. The van der Waals surface area contributed by atoms with Gasteiger partial charge in [0.2, 0.25) is 0 Å². The molecule has 0 aliphatic rings. The summed E-state index contributed by atoms with van der Waals surface area (Å²) in [5.41, 5.74) is 1.12. The van der Waals surface area contributed by atoms with Gasteiger partial charge in [-0.05, 0) is 62.7 Å². The molecule has 0 aliphatic carbocycles. The maximum atomic E-state index is 12.4. The van der Waals surface area contributed by atoms with E-state index < -0.39 is 15.1 Å². The van der Waals surface area contributed by atoms with Crippen LogP contribution in [0.5, 0.6) is 0 Å². The Labute approximate surface area is 158 Å². The Hall–Kier alpha value is -1.56. The number of hydrogen-bond donors (Lipinski definition) is 1. The number of sulfone groups is 1. The number of nitrogens with one attached hydrogen (secondary N) is 1. The molecular formula is C18H19Cl2NO3S. The smallest absolute Gasteiger partial charge is 0.251 e. The number of amides is 1. The van der Waals surface area contributed by atoms with E-state index >= 15 is 0 Å². The van der Waals surface area contributed by atoms with Crippen LogP contribution >= 0.6 is 23.2 Å². The van der Waals surface area contributed by atoms with Crippen molar-refractivity contribution in [2.45, 2.75) is 37.0 Å². The van der Waals surface area contributed by atoms with Gasteiger partial charge in [-0.3, -0.25) is 4.79 Å². The summed E-state index contributed by atoms with van der Waals surface area (Å²) in [6.45, 7) is 5.05. The van der Waals surface area contributed by atoms with E-state index in [4.69, 9.17) is 23.2 Å². The van der Waals surface area contributed by atoms with Gasteiger partial charge in [-0.1, -0.05) is 29.3 Å². The molecule has 1 amide bonds. The Balaban J connectivity index is 2.16. The first-order valence-corrected chi connectivity index (χ1v) is 10.0. The quantitative estimate of drug-likeness (QED) is 0.794. The van der Waals surface area contributed by atoms with Gasteiger partial charge in [0, 0.05) is 15.6 Å². The number of rotatable bonds is 5. The van der Waals surface area contributed by atoms with Crippen molar-refractivity contribution in [1.82, 2.24) is 5.32 Å². The first kappa shape index (κ1) is 19.8. The second-order valence-electron chi connectivity index (χ2n) is 5.98. The molecule has 0 saturated carbocycles. The van der Waals surface area contributed by atoms with Crippen LogP contribution in [-0.4, -0.2) is 19.6 Å². The highest BCUT2D eigenvalue weighted by atomic mass is 35.5. The molecular weight excluding hydrogens is 381 g/mol. The van der Waals surface area contributed by atoms with E-state index in [1.165, 1.54) is 24.3 Å². The molecule has 0 bridgehead atoms. The van der Waals surface area contributed by atoms with Gasteiger partial charge in [0.1, 0.15) is 0 Å². The topological polar surface area (TPSA) is 63.2 Å². The van der Waals surface area contributed by atoms with Crippen LogP contribution in [-0.2, 0) is 9.84 Å². The number of benzene rings is 2. The van der Waals surface area contributed by atoms with Crippen LogP contribution in [0.25, 0.3) is 0 Å². The Morgan fingerprint density at radius 2 is 1.60 bits per heavy atom. The molecule has 1 N–H and O–H groups in total. The van der Waals surface area contributed by atoms with Gasteiger partial charge in [-0.2, -0.15) is 0 Å². The molecule has 0 aromatic heterocycles. The van der Waals surface area contributed by atoms with E-state index in [9.17, 15) is 13.2 Å². The summed E-state index contributed by atoms with van der Waals surface area (Å²) in [6, 6.07) is 10.7. The summed E-state index contributed by atoms with van der Waals surface area (Å²) in [5, 5.41) is 3.32. The van der Waals surface area contributed by atoms with Crippen LogP contribution in [0.3, 0.4) is 0 Å². The number of carbonyl (C=O) groups is 1. The number of halogens is 2. The van der Waals surface area contributed by atoms with Crippen molar-refractivity contribution in [3.63, 3.8) is 0 Å². The normalized spacial score (nSPS) is 12.9. The maximum Gasteiger partial charge on any atom is 0.251 e. The Bertz CT molecular complexity index is 878. The van der Waals surface area contributed by atoms with Crippen molar-refractivity contribution in [2.24, 2.45) is 0 Å². The Morgan fingerprint density at radius 1 is 1.00 bits per heavy atom. The summed E-state index contributed by atoms with van der Waals surface area (Å²) in [4.78, 5) is 12.6. The van der Waals surface area contributed by atoms with E-state index in [1.54, 1.807) is 32.0 Å². The molecule has 134 valence electrons. The molecule has 0 spiro atoms. The zero-order chi connectivity index (χ0) is 18.8. The molecule has 0 fully saturated rings. The second kappa shape index (κ2) is 7.77. The summed E-state index contributed by atoms with van der Waals surface area (Å²) in [7, 11) is -3.36. The SMILES string of the molecule is CC(NC(=O)c1ccc(S(=O)(=O)C(C)C)cc1)c1ccc(Cl)cc1Cl. The maximum absolute atomic E-state index is 12.4. The molecule has 7 heteroatoms. The molecule has 1 atom stereocenters. The monoisotopic (exact) mass is 399 g/mol. The lowest BCUT2D eigenvalue weighted by molar-refractivity contribution is 0.0940. The number of carbonyl (C=O) groups excluding carboxylic acids is 1. The summed E-state index contributed by atoms with van der Waals surface area (Å²) >= 11 is 12.0. The molecule has 0 radical (unpaired) electrons. The van der Waals surface area contributed by atoms with E-state index in [-0.39, 0.29) is 16.8 Å². The van der Waals surface area contributed by atoms with Crippen molar-refractivity contribution in [3.05, 3.63) is 63.6 Å². The van der Waals surface area contributed by atoms with Crippen molar-refractivity contribution in [1.29, 1.82) is 0 Å². The zero-order valence-corrected chi connectivity index (χ0v) is 16.4. The number of hydrogen-bond acceptors (Lipinski definition) is 3. The van der Waals surface area contributed by atoms with Gasteiger partial charge in [-0.25, -0.2) is 8.42 Å². The van der Waals surface area contributed by atoms with E-state index in [0.717, 1.165) is 5.56 Å². The third-order valence-electron chi connectivity index (χ3n) is 3.84. The highest BCUT2D eigenvalue weighted by Gasteiger charge is 2.20. The van der Waals surface area contributed by atoms with Crippen molar-refractivity contribution in [3.8, 4) is 0 Å². The molecule has 4 nitrogen and oxygen atoms in total. The minimum Gasteiger partial charge on any atom is -0.345 e. The third kappa shape index (κ3) is 4.54. The van der Waals surface area contributed by atoms with Gasteiger partial charge in [0.05, 0.1) is 16.2 Å². The molecule has 25 heavy (non-hydrogen) atoms. The average Bonchev–Trinajstić information content (AvgIpc) is 2.54. The molecule has 0 saturated heterocycles. The van der Waals surface area contributed by atoms with Gasteiger partial charge in [0.15, 0.2) is 9.84 Å². The minimum atomic E-state index is -3.36. The Morgan fingerprint density at radius 3 is 2.12 bits per heavy atom. The largest absolute Gasteiger partial charge is 0.345 e. The predicted molar refractivity (Wildman–Crippen MR) is 101 cm³/mol. The minimum absolute atomic E-state index is 0.202. The van der Waals surface area contributed by atoms with Crippen molar-refractivity contribution >= 4 is 38.9 Å². The van der Waals surface area contributed by atoms with E-state index in [0.29, 0.717) is 15.6 Å². The summed E-state index contributed by atoms with van der Waals surface area (Å²) in [5.74, 6) is -0.313. The van der Waals surface area contributed by atoms with E-state index in [2.05, 4.69) is 5.32 Å². The van der Waals surface area contributed by atoms with Crippen LogP contribution in [0.2, 0.25) is 10.0 Å². The molecule has 2 aromatic rings. The summed E-state index contributed by atoms with van der Waals surface area (Å²) in [6.07, 6.45) is 0. The third-order valence-corrected chi connectivity index (χ3v) is 6.58. The lowest BCUT2D eigenvalue weighted by Crippen LogP contribution is -2.27. The lowest BCUT2D eigenvalue weighted by atomic mass is 10.1. The Kier molecular flexibility index (Phi) is 6.14. The first-order valence-electron chi connectivity index (χ1n) is 7.72. The molecule has 1 unspecified atom stereocenters. The highest BCUT2D eigenvalue weighted by molar-refractivity contribution is 7.92. The van der Waals surface area contributed by atoms with Crippen LogP contribution in [0.1, 0.15) is 42.7 Å². The van der Waals surface area contributed by atoms with E-state index in [1.807, 2.05) is 6.92 Å². The van der Waals surface area contributed by atoms with Gasteiger partial charge in [-0.15, -0.1) is 0 Å². The van der Waals surface area contributed by atoms with Crippen molar-refractivity contribution < 1.29 is 13.2 Å². The molecule has 0 aliphatic heterocycles. The second-order valence-corrected chi connectivity index (χ2v) is 9.33. The zero-order valence-electron chi connectivity index (χ0n) is 14.1. The van der Waals surface area contributed by atoms with Gasteiger partial charge >= 0.3 is 0 Å². The summed E-state index contributed by atoms with van der Waals surface area (Å²) < 4.78 is 24.2.